The van der Waals surface area contributed by atoms with Gasteiger partial charge in [0, 0.05) is 18.5 Å². The predicted molar refractivity (Wildman–Crippen MR) is 156 cm³/mol. The average molecular weight is 608 g/mol. The Bertz CT molecular complexity index is 1220. The zero-order valence-electron chi connectivity index (χ0n) is 24.9. The Morgan fingerprint density at radius 1 is 1.02 bits per heavy atom. The molecular weight excluding hydrogens is 562 g/mol. The Morgan fingerprint density at radius 2 is 1.69 bits per heavy atom. The number of rotatable bonds is 10. The lowest BCUT2D eigenvalue weighted by molar-refractivity contribution is -0.143. The number of urea groups is 1. The standard InChI is InChI=1S/C29H45N5O7S/c1-5-18-11-15-34(22(18)25(37)30-17-20(35)24(36)31-19-9-10-19)26(38)23(28(2,3)4)32-27(39)33-29(13-7-6-8-14-29)21-12-16-42(21,40)41/h5,18-19,21-23H,1,6-17H2,2-4H3,(H,30,37)(H,31,36)(H2,32,33,39)/t18-,21-,22-,23+/m0/s1. The van der Waals surface area contributed by atoms with Crippen LogP contribution in [-0.4, -0.2) is 90.6 Å². The van der Waals surface area contributed by atoms with E-state index in [2.05, 4.69) is 27.8 Å². The van der Waals surface area contributed by atoms with E-state index in [0.29, 0.717) is 25.7 Å². The van der Waals surface area contributed by atoms with Crippen molar-refractivity contribution in [1.29, 1.82) is 0 Å². The van der Waals surface area contributed by atoms with E-state index in [-0.39, 0.29) is 24.3 Å². The zero-order chi connectivity index (χ0) is 30.9. The number of hydrogen-bond donors (Lipinski definition) is 4. The van der Waals surface area contributed by atoms with Gasteiger partial charge in [-0.2, -0.15) is 0 Å². The van der Waals surface area contributed by atoms with Gasteiger partial charge in [0.05, 0.1) is 23.1 Å². The summed E-state index contributed by atoms with van der Waals surface area (Å²) < 4.78 is 25.2. The third kappa shape index (κ3) is 6.98. The first-order chi connectivity index (χ1) is 19.7. The maximum absolute atomic E-state index is 14.0. The first-order valence-electron chi connectivity index (χ1n) is 15.0. The van der Waals surface area contributed by atoms with E-state index in [1.54, 1.807) is 26.8 Å². The van der Waals surface area contributed by atoms with Crippen molar-refractivity contribution < 1.29 is 32.4 Å². The molecule has 0 aromatic carbocycles. The second-order valence-electron chi connectivity index (χ2n) is 13.3. The minimum absolute atomic E-state index is 0.00962. The summed E-state index contributed by atoms with van der Waals surface area (Å²) in [7, 11) is -3.28. The molecule has 234 valence electrons. The Morgan fingerprint density at radius 3 is 2.21 bits per heavy atom. The fraction of sp³-hybridized carbons (Fsp3) is 0.759. The van der Waals surface area contributed by atoms with Gasteiger partial charge in [-0.3, -0.25) is 19.2 Å². The van der Waals surface area contributed by atoms with Gasteiger partial charge in [0.15, 0.2) is 9.84 Å². The molecule has 4 aliphatic rings. The highest BCUT2D eigenvalue weighted by Crippen LogP contribution is 2.40. The van der Waals surface area contributed by atoms with Crippen LogP contribution in [0.3, 0.4) is 0 Å². The van der Waals surface area contributed by atoms with Crippen LogP contribution in [0.4, 0.5) is 4.79 Å². The Kier molecular flexibility index (Phi) is 9.39. The number of nitrogens with one attached hydrogen (secondary N) is 4. The van der Waals surface area contributed by atoms with Crippen molar-refractivity contribution in [3.63, 3.8) is 0 Å². The quantitative estimate of drug-likeness (QED) is 0.212. The van der Waals surface area contributed by atoms with Crippen LogP contribution in [0, 0.1) is 11.3 Å². The van der Waals surface area contributed by atoms with Crippen molar-refractivity contribution in [2.75, 3.05) is 18.8 Å². The van der Waals surface area contributed by atoms with E-state index < -0.39 is 74.2 Å². The number of carbonyl (C=O) groups excluding carboxylic acids is 5. The van der Waals surface area contributed by atoms with Crippen LogP contribution in [0.5, 0.6) is 0 Å². The van der Waals surface area contributed by atoms with Gasteiger partial charge in [0.25, 0.3) is 5.91 Å². The second-order valence-corrected chi connectivity index (χ2v) is 15.6. The van der Waals surface area contributed by atoms with Gasteiger partial charge in [0.1, 0.15) is 12.1 Å². The molecule has 2 aliphatic heterocycles. The molecule has 2 saturated heterocycles. The third-order valence-corrected chi connectivity index (χ3v) is 11.5. The number of hydrogen-bond acceptors (Lipinski definition) is 7. The molecule has 0 radical (unpaired) electrons. The van der Waals surface area contributed by atoms with E-state index in [1.165, 1.54) is 4.90 Å². The number of amides is 5. The summed E-state index contributed by atoms with van der Waals surface area (Å²) in [5, 5.41) is 10.3. The summed E-state index contributed by atoms with van der Waals surface area (Å²) >= 11 is 0. The third-order valence-electron chi connectivity index (χ3n) is 9.10. The molecule has 0 bridgehead atoms. The molecule has 0 spiro atoms. The van der Waals surface area contributed by atoms with Gasteiger partial charge < -0.3 is 26.2 Å². The molecule has 13 heteroatoms. The molecule has 0 aromatic rings. The molecule has 2 heterocycles. The van der Waals surface area contributed by atoms with Gasteiger partial charge in [-0.1, -0.05) is 46.1 Å². The molecule has 4 fully saturated rings. The van der Waals surface area contributed by atoms with Crippen molar-refractivity contribution in [2.24, 2.45) is 11.3 Å². The predicted octanol–water partition coefficient (Wildman–Crippen LogP) is 0.957. The topological polar surface area (TPSA) is 171 Å². The number of ketones is 1. The van der Waals surface area contributed by atoms with E-state index in [4.69, 9.17) is 0 Å². The van der Waals surface area contributed by atoms with Crippen LogP contribution < -0.4 is 21.3 Å². The molecule has 12 nitrogen and oxygen atoms in total. The summed E-state index contributed by atoms with van der Waals surface area (Å²) in [6.07, 6.45) is 7.94. The molecular formula is C29H45N5O7S. The molecule has 4 atom stereocenters. The summed E-state index contributed by atoms with van der Waals surface area (Å²) in [5.41, 5.74) is -1.62. The lowest BCUT2D eigenvalue weighted by Gasteiger charge is -2.47. The van der Waals surface area contributed by atoms with Crippen molar-refractivity contribution >= 4 is 39.4 Å². The molecule has 4 N–H and O–H groups in total. The number of carbonyl (C=O) groups is 5. The van der Waals surface area contributed by atoms with Crippen molar-refractivity contribution in [1.82, 2.24) is 26.2 Å². The lowest BCUT2D eigenvalue weighted by atomic mass is 9.78. The van der Waals surface area contributed by atoms with Crippen LogP contribution in [0.25, 0.3) is 0 Å². The monoisotopic (exact) mass is 607 g/mol. The summed E-state index contributed by atoms with van der Waals surface area (Å²) in [6.45, 7) is 8.96. The molecule has 0 aromatic heterocycles. The fourth-order valence-corrected chi connectivity index (χ4v) is 8.30. The lowest BCUT2D eigenvalue weighted by Crippen LogP contribution is -2.67. The smallest absolute Gasteiger partial charge is 0.315 e. The minimum Gasteiger partial charge on any atom is -0.347 e. The second kappa shape index (κ2) is 12.3. The van der Waals surface area contributed by atoms with Crippen molar-refractivity contribution in [2.45, 2.75) is 107 Å². The van der Waals surface area contributed by atoms with Crippen LogP contribution in [-0.2, 0) is 29.0 Å². The van der Waals surface area contributed by atoms with E-state index in [9.17, 15) is 32.4 Å². The Balaban J connectivity index is 1.46. The molecule has 2 aliphatic carbocycles. The largest absolute Gasteiger partial charge is 0.347 e. The van der Waals surface area contributed by atoms with Crippen LogP contribution in [0.15, 0.2) is 12.7 Å². The van der Waals surface area contributed by atoms with Crippen LogP contribution in [0.1, 0.15) is 78.6 Å². The first-order valence-corrected chi connectivity index (χ1v) is 16.7. The van der Waals surface area contributed by atoms with E-state index >= 15 is 0 Å². The molecule has 2 saturated carbocycles. The average Bonchev–Trinajstić information content (AvgIpc) is 3.62. The van der Waals surface area contributed by atoms with Gasteiger partial charge in [-0.05, 0) is 43.9 Å². The highest BCUT2D eigenvalue weighted by Gasteiger charge is 2.53. The first kappa shape index (κ1) is 32.0. The summed E-state index contributed by atoms with van der Waals surface area (Å²) in [6, 6.07) is -2.59. The molecule has 42 heavy (non-hydrogen) atoms. The number of Topliss-reactive ketones (excluding diaryl/α,β-unsaturated/α-hetero) is 1. The molecule has 4 rings (SSSR count). The van der Waals surface area contributed by atoms with Crippen molar-refractivity contribution in [3.8, 4) is 0 Å². The Hall–Kier alpha value is -2.96. The maximum atomic E-state index is 14.0. The van der Waals surface area contributed by atoms with Crippen molar-refractivity contribution in [3.05, 3.63) is 12.7 Å². The Labute approximate surface area is 248 Å². The highest BCUT2D eigenvalue weighted by atomic mass is 32.2. The molecule has 5 amide bonds. The van der Waals surface area contributed by atoms with Crippen LogP contribution in [0.2, 0.25) is 0 Å². The number of nitrogens with zero attached hydrogens (tertiary/aromatic N) is 1. The molecule has 0 unspecified atom stereocenters. The van der Waals surface area contributed by atoms with Crippen LogP contribution >= 0.6 is 0 Å². The normalized spacial score (nSPS) is 27.1. The minimum atomic E-state index is -3.28. The zero-order valence-corrected chi connectivity index (χ0v) is 25.7. The van der Waals surface area contributed by atoms with E-state index in [1.807, 2.05) is 0 Å². The number of sulfone groups is 1. The highest BCUT2D eigenvalue weighted by molar-refractivity contribution is 7.93. The van der Waals surface area contributed by atoms with Gasteiger partial charge in [-0.15, -0.1) is 6.58 Å². The SMILES string of the molecule is C=C[C@H]1CCN(C(=O)[C@@H](NC(=O)NC2([C@@H]3CCS3(=O)=O)CCCCC2)C(C)(C)C)[C@@H]1C(=O)NCC(=O)C(=O)NC1CC1. The maximum Gasteiger partial charge on any atom is 0.315 e. The summed E-state index contributed by atoms with van der Waals surface area (Å²) in [5.74, 6) is -2.82. The fourth-order valence-electron chi connectivity index (χ4n) is 6.46. The van der Waals surface area contributed by atoms with Gasteiger partial charge >= 0.3 is 6.03 Å². The van der Waals surface area contributed by atoms with E-state index in [0.717, 1.165) is 32.1 Å². The summed E-state index contributed by atoms with van der Waals surface area (Å²) in [4.78, 5) is 66.4. The van der Waals surface area contributed by atoms with Gasteiger partial charge in [0.2, 0.25) is 17.6 Å². The van der Waals surface area contributed by atoms with Gasteiger partial charge in [-0.25, -0.2) is 13.2 Å². The number of likely N-dealkylation sites (tertiary alicyclic amines) is 1.